The lowest BCUT2D eigenvalue weighted by Crippen LogP contribution is -2.60. The van der Waals surface area contributed by atoms with Gasteiger partial charge in [0.2, 0.25) is 0 Å². The molecule has 0 spiro atoms. The van der Waals surface area contributed by atoms with E-state index in [2.05, 4.69) is 15.2 Å². The summed E-state index contributed by atoms with van der Waals surface area (Å²) >= 11 is 0. The molecule has 1 aromatic rings. The maximum atomic E-state index is 13.0. The summed E-state index contributed by atoms with van der Waals surface area (Å²) in [5.41, 5.74) is 0.631. The number of likely N-dealkylation sites (N-methyl/N-ethyl adjacent to an activating group) is 1. The Morgan fingerprint density at radius 1 is 1.17 bits per heavy atom. The zero-order valence-electron chi connectivity index (χ0n) is 17.8. The van der Waals surface area contributed by atoms with Crippen molar-refractivity contribution in [3.63, 3.8) is 0 Å². The molecule has 1 aromatic heterocycles. The summed E-state index contributed by atoms with van der Waals surface area (Å²) in [4.78, 5) is 30.6. The van der Waals surface area contributed by atoms with Gasteiger partial charge in [0.05, 0.1) is 25.9 Å². The fourth-order valence-electron chi connectivity index (χ4n) is 6.70. The van der Waals surface area contributed by atoms with Gasteiger partial charge in [-0.2, -0.15) is 0 Å². The van der Waals surface area contributed by atoms with Crippen molar-refractivity contribution in [1.29, 1.82) is 0 Å². The molecule has 2 N–H and O–H groups in total. The molecule has 0 aromatic carbocycles. The van der Waals surface area contributed by atoms with E-state index in [1.54, 1.807) is 6.07 Å². The second-order valence-corrected chi connectivity index (χ2v) is 10.1. The largest absolute Gasteiger partial charge is 0.376 e. The van der Waals surface area contributed by atoms with Gasteiger partial charge in [0.15, 0.2) is 0 Å². The monoisotopic (exact) mass is 415 g/mol. The molecule has 0 radical (unpaired) electrons. The van der Waals surface area contributed by atoms with Crippen molar-refractivity contribution >= 4 is 5.91 Å². The molecule has 1 atom stereocenters. The first-order chi connectivity index (χ1) is 14.5. The first-order valence-electron chi connectivity index (χ1n) is 11.4. The molecule has 4 bridgehead atoms. The van der Waals surface area contributed by atoms with Gasteiger partial charge in [-0.1, -0.05) is 0 Å². The first kappa shape index (κ1) is 20.2. The van der Waals surface area contributed by atoms with Crippen LogP contribution in [0.25, 0.3) is 0 Å². The van der Waals surface area contributed by atoms with Crippen LogP contribution in [-0.4, -0.2) is 60.8 Å². The van der Waals surface area contributed by atoms with Crippen LogP contribution >= 0.6 is 0 Å². The van der Waals surface area contributed by atoms with E-state index in [1.807, 2.05) is 13.1 Å². The van der Waals surface area contributed by atoms with Crippen molar-refractivity contribution in [3.05, 3.63) is 33.7 Å². The Hall–Kier alpha value is -1.70. The Morgan fingerprint density at radius 3 is 2.47 bits per heavy atom. The smallest absolute Gasteiger partial charge is 0.261 e. The summed E-state index contributed by atoms with van der Waals surface area (Å²) in [5.74, 6) is 2.05. The van der Waals surface area contributed by atoms with Crippen LogP contribution in [0, 0.1) is 17.8 Å². The summed E-state index contributed by atoms with van der Waals surface area (Å²) < 4.78 is 11.1. The van der Waals surface area contributed by atoms with Gasteiger partial charge in [0.1, 0.15) is 5.56 Å². The predicted molar refractivity (Wildman–Crippen MR) is 112 cm³/mol. The number of hydrogen-bond acceptors (Lipinski definition) is 5. The molecular formula is C23H33N3O4. The number of hydrogen-bond donors (Lipinski definition) is 2. The highest BCUT2D eigenvalue weighted by atomic mass is 16.6. The molecule has 4 saturated carbocycles. The van der Waals surface area contributed by atoms with Crippen molar-refractivity contribution in [3.8, 4) is 0 Å². The number of ether oxygens (including phenoxy) is 2. The minimum Gasteiger partial charge on any atom is -0.376 e. The van der Waals surface area contributed by atoms with Crippen molar-refractivity contribution < 1.29 is 14.3 Å². The van der Waals surface area contributed by atoms with Crippen molar-refractivity contribution in [1.82, 2.24) is 15.2 Å². The Bertz CT molecular complexity index is 810. The number of aromatic amines is 1. The molecule has 1 saturated heterocycles. The number of nitrogens with zero attached hydrogens (tertiary/aromatic N) is 1. The summed E-state index contributed by atoms with van der Waals surface area (Å²) in [6, 6.07) is 3.53. The predicted octanol–water partition coefficient (Wildman–Crippen LogP) is 1.92. The summed E-state index contributed by atoms with van der Waals surface area (Å²) in [5, 5.41) is 3.30. The SMILES string of the molecule is CN(Cc1ccc(C(=O)NC23CC4CC(CC(C4)C2)C3)c(=O)[nH]1)CC1COCCO1. The summed E-state index contributed by atoms with van der Waals surface area (Å²) in [6.07, 6.45) is 7.29. The molecule has 164 valence electrons. The number of H-pyrrole nitrogens is 1. The van der Waals surface area contributed by atoms with Crippen LogP contribution in [0.15, 0.2) is 16.9 Å². The molecule has 4 aliphatic carbocycles. The third-order valence-corrected chi connectivity index (χ3v) is 7.47. The van der Waals surface area contributed by atoms with E-state index < -0.39 is 0 Å². The van der Waals surface area contributed by atoms with E-state index in [-0.39, 0.29) is 28.7 Å². The Kier molecular flexibility index (Phi) is 5.45. The lowest BCUT2D eigenvalue weighted by atomic mass is 9.53. The number of pyridine rings is 1. The highest BCUT2D eigenvalue weighted by Gasteiger charge is 2.51. The second-order valence-electron chi connectivity index (χ2n) is 10.1. The van der Waals surface area contributed by atoms with Crippen LogP contribution in [0.5, 0.6) is 0 Å². The summed E-state index contributed by atoms with van der Waals surface area (Å²) in [7, 11) is 1.99. The molecule has 7 heteroatoms. The highest BCUT2D eigenvalue weighted by Crippen LogP contribution is 2.55. The Morgan fingerprint density at radius 2 is 1.87 bits per heavy atom. The van der Waals surface area contributed by atoms with E-state index >= 15 is 0 Å². The average Bonchev–Trinajstić information content (AvgIpc) is 2.67. The molecule has 7 nitrogen and oxygen atoms in total. The van der Waals surface area contributed by atoms with Gasteiger partial charge in [0.25, 0.3) is 11.5 Å². The van der Waals surface area contributed by atoms with E-state index in [0.29, 0.717) is 26.4 Å². The third kappa shape index (κ3) is 4.20. The van der Waals surface area contributed by atoms with Gasteiger partial charge in [-0.25, -0.2) is 0 Å². The van der Waals surface area contributed by atoms with Gasteiger partial charge < -0.3 is 19.8 Å². The normalized spacial score (nSPS) is 35.0. The van der Waals surface area contributed by atoms with E-state index in [9.17, 15) is 9.59 Å². The van der Waals surface area contributed by atoms with Crippen molar-refractivity contribution in [2.24, 2.45) is 17.8 Å². The molecule has 5 aliphatic rings. The van der Waals surface area contributed by atoms with Crippen LogP contribution in [0.4, 0.5) is 0 Å². The molecular weight excluding hydrogens is 382 g/mol. The van der Waals surface area contributed by atoms with Crippen LogP contribution < -0.4 is 10.9 Å². The standard InChI is InChI=1S/C23H33N3O4/c1-26(13-19-14-29-4-5-30-19)12-18-2-3-20(21(27)24-18)22(28)25-23-9-15-6-16(10-23)8-17(7-15)11-23/h2-3,15-17,19H,4-14H2,1H3,(H,24,27)(H,25,28). The number of rotatable bonds is 6. The molecule has 1 aliphatic heterocycles. The number of carbonyl (C=O) groups is 1. The van der Waals surface area contributed by atoms with Crippen molar-refractivity contribution in [2.45, 2.75) is 56.7 Å². The lowest BCUT2D eigenvalue weighted by molar-refractivity contribution is -0.0963. The van der Waals surface area contributed by atoms with Gasteiger partial charge in [0, 0.05) is 24.3 Å². The van der Waals surface area contributed by atoms with Crippen molar-refractivity contribution in [2.75, 3.05) is 33.4 Å². The average molecular weight is 416 g/mol. The van der Waals surface area contributed by atoms with E-state index in [1.165, 1.54) is 19.3 Å². The summed E-state index contributed by atoms with van der Waals surface area (Å²) in [6.45, 7) is 3.20. The Labute approximate surface area is 177 Å². The number of amides is 1. The third-order valence-electron chi connectivity index (χ3n) is 7.47. The highest BCUT2D eigenvalue weighted by molar-refractivity contribution is 5.94. The lowest BCUT2D eigenvalue weighted by Gasteiger charge is -2.56. The van der Waals surface area contributed by atoms with Gasteiger partial charge in [-0.3, -0.25) is 14.5 Å². The zero-order chi connectivity index (χ0) is 20.7. The fraction of sp³-hybridized carbons (Fsp3) is 0.739. The molecule has 2 heterocycles. The molecule has 6 rings (SSSR count). The fourth-order valence-corrected chi connectivity index (χ4v) is 6.70. The van der Waals surface area contributed by atoms with E-state index in [0.717, 1.165) is 49.3 Å². The number of nitrogens with one attached hydrogen (secondary N) is 2. The first-order valence-corrected chi connectivity index (χ1v) is 11.4. The van der Waals surface area contributed by atoms with Crippen LogP contribution in [0.1, 0.15) is 54.6 Å². The number of carbonyl (C=O) groups excluding carboxylic acids is 1. The number of aromatic nitrogens is 1. The minimum atomic E-state index is -0.305. The molecule has 1 amide bonds. The quantitative estimate of drug-likeness (QED) is 0.742. The minimum absolute atomic E-state index is 0.0563. The molecule has 5 fully saturated rings. The van der Waals surface area contributed by atoms with E-state index in [4.69, 9.17) is 9.47 Å². The van der Waals surface area contributed by atoms with Crippen LogP contribution in [-0.2, 0) is 16.0 Å². The maximum Gasteiger partial charge on any atom is 0.261 e. The molecule has 30 heavy (non-hydrogen) atoms. The van der Waals surface area contributed by atoms with Gasteiger partial charge in [-0.15, -0.1) is 0 Å². The maximum absolute atomic E-state index is 13.0. The van der Waals surface area contributed by atoms with Crippen LogP contribution in [0.2, 0.25) is 0 Å². The topological polar surface area (TPSA) is 83.7 Å². The van der Waals surface area contributed by atoms with Gasteiger partial charge >= 0.3 is 0 Å². The zero-order valence-corrected chi connectivity index (χ0v) is 17.8. The van der Waals surface area contributed by atoms with Crippen LogP contribution in [0.3, 0.4) is 0 Å². The Balaban J connectivity index is 1.21. The van der Waals surface area contributed by atoms with Gasteiger partial charge in [-0.05, 0) is 75.5 Å². The second kappa shape index (κ2) is 8.09. The molecule has 1 unspecified atom stereocenters.